The maximum atomic E-state index is 12.5. The highest BCUT2D eigenvalue weighted by Crippen LogP contribution is 2.31. The number of piperidine rings is 1. The summed E-state index contributed by atoms with van der Waals surface area (Å²) >= 11 is 0. The Hall–Kier alpha value is -2.47. The largest absolute Gasteiger partial charge is 0.338 e. The quantitative estimate of drug-likeness (QED) is 0.793. The van der Waals surface area contributed by atoms with Gasteiger partial charge in [-0.05, 0) is 56.8 Å². The molecule has 1 aromatic carbocycles. The molecule has 6 nitrogen and oxygen atoms in total. The van der Waals surface area contributed by atoms with Gasteiger partial charge in [0.05, 0.1) is 6.04 Å². The van der Waals surface area contributed by atoms with Crippen molar-refractivity contribution in [1.29, 1.82) is 0 Å². The summed E-state index contributed by atoms with van der Waals surface area (Å²) in [4.78, 5) is 22.2. The molecule has 3 heterocycles. The van der Waals surface area contributed by atoms with Crippen molar-refractivity contribution in [3.8, 4) is 0 Å². The van der Waals surface area contributed by atoms with Crippen LogP contribution in [0.5, 0.6) is 0 Å². The second-order valence-electron chi connectivity index (χ2n) is 6.88. The smallest absolute Gasteiger partial charge is 0.252 e. The van der Waals surface area contributed by atoms with Crippen LogP contribution in [0, 0.1) is 13.8 Å². The van der Waals surface area contributed by atoms with Gasteiger partial charge in [-0.25, -0.2) is 0 Å². The molecule has 1 saturated heterocycles. The lowest BCUT2D eigenvalue weighted by atomic mass is 10.0. The number of benzene rings is 1. The Bertz CT molecular complexity index is 959. The van der Waals surface area contributed by atoms with Crippen LogP contribution in [0.2, 0.25) is 0 Å². The molecule has 1 fully saturated rings. The lowest BCUT2D eigenvalue weighted by molar-refractivity contribution is 0.111. The van der Waals surface area contributed by atoms with Crippen molar-refractivity contribution in [2.24, 2.45) is 0 Å². The third-order valence-corrected chi connectivity index (χ3v) is 4.89. The maximum absolute atomic E-state index is 12.5. The molecule has 1 atom stereocenters. The predicted molar refractivity (Wildman–Crippen MR) is 95.3 cm³/mol. The van der Waals surface area contributed by atoms with E-state index < -0.39 is 0 Å². The first-order valence-corrected chi connectivity index (χ1v) is 8.77. The number of nitrogens with zero attached hydrogens (tertiary/aromatic N) is 3. The lowest BCUT2D eigenvalue weighted by Gasteiger charge is -2.33. The minimum absolute atomic E-state index is 0.0256. The molecule has 1 aliphatic rings. The van der Waals surface area contributed by atoms with Gasteiger partial charge < -0.3 is 9.51 Å². The van der Waals surface area contributed by atoms with Gasteiger partial charge >= 0.3 is 0 Å². The molecule has 130 valence electrons. The summed E-state index contributed by atoms with van der Waals surface area (Å²) < 4.78 is 5.40. The molecule has 3 aromatic rings. The summed E-state index contributed by atoms with van der Waals surface area (Å²) in [7, 11) is 0. The zero-order valence-corrected chi connectivity index (χ0v) is 14.6. The van der Waals surface area contributed by atoms with Gasteiger partial charge in [-0.15, -0.1) is 0 Å². The highest BCUT2D eigenvalue weighted by molar-refractivity contribution is 5.79. The molecule has 0 bridgehead atoms. The van der Waals surface area contributed by atoms with Crippen molar-refractivity contribution in [1.82, 2.24) is 20.0 Å². The maximum Gasteiger partial charge on any atom is 0.252 e. The Morgan fingerprint density at radius 1 is 1.28 bits per heavy atom. The van der Waals surface area contributed by atoms with E-state index in [0.717, 1.165) is 42.3 Å². The van der Waals surface area contributed by atoms with E-state index in [1.54, 1.807) is 0 Å². The molecule has 1 N–H and O–H groups in total. The number of aryl methyl sites for hydroxylation is 2. The van der Waals surface area contributed by atoms with E-state index >= 15 is 0 Å². The van der Waals surface area contributed by atoms with Gasteiger partial charge in [0, 0.05) is 17.6 Å². The Kier molecular flexibility index (Phi) is 4.13. The second-order valence-corrected chi connectivity index (χ2v) is 6.88. The molecule has 0 unspecified atom stereocenters. The normalized spacial score (nSPS) is 18.7. The zero-order valence-electron chi connectivity index (χ0n) is 14.6. The summed E-state index contributed by atoms with van der Waals surface area (Å²) in [5.41, 5.74) is 2.81. The van der Waals surface area contributed by atoms with Gasteiger partial charge in [-0.2, -0.15) is 4.98 Å². The molecule has 0 amide bonds. The fourth-order valence-electron chi connectivity index (χ4n) is 3.62. The third-order valence-electron chi connectivity index (χ3n) is 4.89. The van der Waals surface area contributed by atoms with Crippen LogP contribution >= 0.6 is 0 Å². The number of hydrogen-bond donors (Lipinski definition) is 1. The first kappa shape index (κ1) is 16.0. The van der Waals surface area contributed by atoms with E-state index in [1.807, 2.05) is 25.1 Å². The molecule has 0 spiro atoms. The van der Waals surface area contributed by atoms with Crippen LogP contribution in [0.1, 0.15) is 48.1 Å². The minimum atomic E-state index is -0.0256. The summed E-state index contributed by atoms with van der Waals surface area (Å²) in [6.45, 7) is 5.40. The van der Waals surface area contributed by atoms with Gasteiger partial charge in [-0.3, -0.25) is 9.69 Å². The van der Waals surface area contributed by atoms with Gasteiger partial charge in [0.2, 0.25) is 5.89 Å². The molecule has 1 aliphatic heterocycles. The molecule has 6 heteroatoms. The van der Waals surface area contributed by atoms with Crippen molar-refractivity contribution in [3.05, 3.63) is 57.5 Å². The van der Waals surface area contributed by atoms with Crippen LogP contribution < -0.4 is 5.56 Å². The number of aromatic nitrogens is 3. The molecule has 4 rings (SSSR count). The Morgan fingerprint density at radius 3 is 2.96 bits per heavy atom. The lowest BCUT2D eigenvalue weighted by Crippen LogP contribution is -2.35. The predicted octanol–water partition coefficient (Wildman–Crippen LogP) is 3.26. The Morgan fingerprint density at radius 2 is 2.16 bits per heavy atom. The Labute approximate surface area is 145 Å². The van der Waals surface area contributed by atoms with E-state index in [4.69, 9.17) is 4.52 Å². The fraction of sp³-hybridized carbons (Fsp3) is 0.421. The van der Waals surface area contributed by atoms with Crippen LogP contribution in [-0.4, -0.2) is 26.6 Å². The molecular weight excluding hydrogens is 316 g/mol. The number of rotatable bonds is 3. The second kappa shape index (κ2) is 6.44. The van der Waals surface area contributed by atoms with E-state index in [1.165, 1.54) is 5.56 Å². The van der Waals surface area contributed by atoms with Crippen LogP contribution in [0.15, 0.2) is 33.6 Å². The van der Waals surface area contributed by atoms with Crippen molar-refractivity contribution in [2.45, 2.75) is 45.7 Å². The third kappa shape index (κ3) is 3.22. The SMILES string of the molecule is Cc1ccc2[nH]c(=O)c(CN3CCCC[C@H]3c3nc(C)no3)cc2c1. The van der Waals surface area contributed by atoms with E-state index in [0.29, 0.717) is 18.3 Å². The summed E-state index contributed by atoms with van der Waals surface area (Å²) in [5, 5.41) is 4.99. The summed E-state index contributed by atoms with van der Waals surface area (Å²) in [5.74, 6) is 1.31. The summed E-state index contributed by atoms with van der Waals surface area (Å²) in [6.07, 6.45) is 3.23. The average molecular weight is 338 g/mol. The minimum Gasteiger partial charge on any atom is -0.338 e. The number of hydrogen-bond acceptors (Lipinski definition) is 5. The van der Waals surface area contributed by atoms with Crippen molar-refractivity contribution >= 4 is 10.9 Å². The average Bonchev–Trinajstić information content (AvgIpc) is 3.03. The van der Waals surface area contributed by atoms with E-state index in [9.17, 15) is 4.79 Å². The standard InChI is InChI=1S/C19H22N4O2/c1-12-6-7-16-14(9-12)10-15(18(24)21-16)11-23-8-4-3-5-17(23)19-20-13(2)22-25-19/h6-7,9-10,17H,3-5,8,11H2,1-2H3,(H,21,24)/t17-/m0/s1. The number of H-pyrrole nitrogens is 1. The zero-order chi connectivity index (χ0) is 17.4. The monoisotopic (exact) mass is 338 g/mol. The van der Waals surface area contributed by atoms with E-state index in [2.05, 4.69) is 33.0 Å². The summed E-state index contributed by atoms with van der Waals surface area (Å²) in [6, 6.07) is 8.16. The van der Waals surface area contributed by atoms with Gasteiger partial charge in [-0.1, -0.05) is 23.2 Å². The van der Waals surface area contributed by atoms with Gasteiger partial charge in [0.25, 0.3) is 5.56 Å². The van der Waals surface area contributed by atoms with Crippen molar-refractivity contribution in [3.63, 3.8) is 0 Å². The van der Waals surface area contributed by atoms with Crippen LogP contribution in [0.25, 0.3) is 10.9 Å². The van der Waals surface area contributed by atoms with Crippen molar-refractivity contribution < 1.29 is 4.52 Å². The molecule has 2 aromatic heterocycles. The molecule has 0 saturated carbocycles. The molecule has 0 radical (unpaired) electrons. The molecule has 0 aliphatic carbocycles. The highest BCUT2D eigenvalue weighted by Gasteiger charge is 2.29. The fourth-order valence-corrected chi connectivity index (χ4v) is 3.62. The number of nitrogens with one attached hydrogen (secondary N) is 1. The molecular formula is C19H22N4O2. The molecule has 25 heavy (non-hydrogen) atoms. The Balaban J connectivity index is 1.66. The van der Waals surface area contributed by atoms with Gasteiger partial charge in [0.15, 0.2) is 5.82 Å². The van der Waals surface area contributed by atoms with Crippen LogP contribution in [0.3, 0.4) is 0 Å². The first-order valence-electron chi connectivity index (χ1n) is 8.77. The van der Waals surface area contributed by atoms with Crippen LogP contribution in [-0.2, 0) is 6.54 Å². The number of likely N-dealkylation sites (tertiary alicyclic amines) is 1. The first-order chi connectivity index (χ1) is 12.1. The van der Waals surface area contributed by atoms with Crippen molar-refractivity contribution in [2.75, 3.05) is 6.54 Å². The van der Waals surface area contributed by atoms with Gasteiger partial charge in [0.1, 0.15) is 0 Å². The van der Waals surface area contributed by atoms with Crippen LogP contribution in [0.4, 0.5) is 0 Å². The number of pyridine rings is 1. The number of aromatic amines is 1. The number of fused-ring (bicyclic) bond motifs is 1. The topological polar surface area (TPSA) is 75.0 Å². The highest BCUT2D eigenvalue weighted by atomic mass is 16.5. The van der Waals surface area contributed by atoms with E-state index in [-0.39, 0.29) is 11.6 Å².